The van der Waals surface area contributed by atoms with E-state index in [1.807, 2.05) is 6.92 Å². The van der Waals surface area contributed by atoms with E-state index in [1.165, 1.54) is 0 Å². The molecule has 136 valence electrons. The van der Waals surface area contributed by atoms with Gasteiger partial charge < -0.3 is 20.2 Å². The van der Waals surface area contributed by atoms with Crippen LogP contribution in [0.2, 0.25) is 5.02 Å². The molecule has 1 saturated heterocycles. The van der Waals surface area contributed by atoms with E-state index in [0.717, 1.165) is 31.6 Å². The molecule has 0 saturated carbocycles. The average molecular weight is 366 g/mol. The second-order valence-electron chi connectivity index (χ2n) is 6.45. The van der Waals surface area contributed by atoms with Crippen molar-refractivity contribution in [1.29, 1.82) is 0 Å². The zero-order valence-electron chi connectivity index (χ0n) is 14.4. The predicted octanol–water partition coefficient (Wildman–Crippen LogP) is 2.51. The Morgan fingerprint density at radius 3 is 2.76 bits per heavy atom. The Morgan fingerprint density at radius 1 is 1.40 bits per heavy atom. The van der Waals surface area contributed by atoms with E-state index in [-0.39, 0.29) is 12.0 Å². The topological polar surface area (TPSA) is 72.0 Å². The van der Waals surface area contributed by atoms with Crippen molar-refractivity contribution in [2.45, 2.75) is 44.3 Å². The van der Waals surface area contributed by atoms with Gasteiger partial charge in [0, 0.05) is 24.3 Å². The number of ether oxygens (including phenoxy) is 1. The van der Waals surface area contributed by atoms with Gasteiger partial charge in [-0.15, -0.1) is 0 Å². The third kappa shape index (κ3) is 4.44. The Balaban J connectivity index is 1.63. The number of oxime groups is 1. The van der Waals surface area contributed by atoms with Crippen LogP contribution in [-0.4, -0.2) is 43.0 Å². The van der Waals surface area contributed by atoms with Crippen LogP contribution in [0, 0.1) is 0 Å². The summed E-state index contributed by atoms with van der Waals surface area (Å²) in [6.45, 7) is 3.96. The number of nitrogens with zero attached hydrogens (tertiary/aromatic N) is 1. The molecule has 25 heavy (non-hydrogen) atoms. The third-order valence-corrected chi connectivity index (χ3v) is 4.90. The van der Waals surface area contributed by atoms with E-state index < -0.39 is 5.60 Å². The number of halogens is 1. The fourth-order valence-corrected chi connectivity index (χ4v) is 3.23. The maximum Gasteiger partial charge on any atom is 0.264 e. The summed E-state index contributed by atoms with van der Waals surface area (Å²) in [4.78, 5) is 18.3. The number of amides is 1. The highest BCUT2D eigenvalue weighted by Crippen LogP contribution is 2.28. The van der Waals surface area contributed by atoms with E-state index in [9.17, 15) is 4.79 Å². The van der Waals surface area contributed by atoms with Gasteiger partial charge in [0.1, 0.15) is 11.9 Å². The SMILES string of the molecule is CCC1=NOC(CNC(=O)C2(Oc3ccc(Cl)cc3)CCNCC2)C1. The highest BCUT2D eigenvalue weighted by atomic mass is 35.5. The van der Waals surface area contributed by atoms with Gasteiger partial charge in [-0.1, -0.05) is 23.7 Å². The zero-order chi connectivity index (χ0) is 17.7. The lowest BCUT2D eigenvalue weighted by Gasteiger charge is -2.36. The lowest BCUT2D eigenvalue weighted by molar-refractivity contribution is -0.139. The average Bonchev–Trinajstić information content (AvgIpc) is 3.10. The molecule has 0 bridgehead atoms. The molecule has 1 atom stereocenters. The van der Waals surface area contributed by atoms with Crippen molar-refractivity contribution in [3.05, 3.63) is 29.3 Å². The minimum Gasteiger partial charge on any atom is -0.477 e. The molecule has 3 rings (SSSR count). The van der Waals surface area contributed by atoms with Crippen molar-refractivity contribution in [2.75, 3.05) is 19.6 Å². The normalized spacial score (nSPS) is 22.0. The molecule has 0 aromatic heterocycles. The molecule has 1 unspecified atom stereocenters. The summed E-state index contributed by atoms with van der Waals surface area (Å²) in [6, 6.07) is 7.11. The predicted molar refractivity (Wildman–Crippen MR) is 97.1 cm³/mol. The molecule has 2 heterocycles. The molecular formula is C18H24ClN3O3. The van der Waals surface area contributed by atoms with Crippen molar-refractivity contribution >= 4 is 23.2 Å². The second-order valence-corrected chi connectivity index (χ2v) is 6.89. The molecule has 1 fully saturated rings. The van der Waals surface area contributed by atoms with Gasteiger partial charge in [0.15, 0.2) is 5.60 Å². The van der Waals surface area contributed by atoms with Gasteiger partial charge in [-0.25, -0.2) is 0 Å². The number of carbonyl (C=O) groups is 1. The van der Waals surface area contributed by atoms with E-state index >= 15 is 0 Å². The first-order chi connectivity index (χ1) is 12.1. The van der Waals surface area contributed by atoms with Gasteiger partial charge in [-0.3, -0.25) is 4.79 Å². The van der Waals surface area contributed by atoms with Crippen LogP contribution in [0.25, 0.3) is 0 Å². The van der Waals surface area contributed by atoms with Crippen LogP contribution in [-0.2, 0) is 9.63 Å². The summed E-state index contributed by atoms with van der Waals surface area (Å²) in [5.41, 5.74) is 0.166. The lowest BCUT2D eigenvalue weighted by Crippen LogP contribution is -2.57. The second kappa shape index (κ2) is 8.06. The molecule has 0 spiro atoms. The molecule has 2 aliphatic heterocycles. The fraction of sp³-hybridized carbons (Fsp3) is 0.556. The van der Waals surface area contributed by atoms with Crippen molar-refractivity contribution in [1.82, 2.24) is 10.6 Å². The molecule has 7 heteroatoms. The summed E-state index contributed by atoms with van der Waals surface area (Å²) in [5.74, 6) is 0.549. The van der Waals surface area contributed by atoms with E-state index in [4.69, 9.17) is 21.2 Å². The summed E-state index contributed by atoms with van der Waals surface area (Å²) in [7, 11) is 0. The Labute approximate surface area is 152 Å². The first-order valence-electron chi connectivity index (χ1n) is 8.76. The Morgan fingerprint density at radius 2 is 2.12 bits per heavy atom. The van der Waals surface area contributed by atoms with Gasteiger partial charge in [-0.05, 0) is 43.8 Å². The molecule has 1 amide bonds. The Bertz CT molecular complexity index is 627. The van der Waals surface area contributed by atoms with Crippen LogP contribution < -0.4 is 15.4 Å². The van der Waals surface area contributed by atoms with Gasteiger partial charge in [0.25, 0.3) is 5.91 Å². The molecule has 2 aliphatic rings. The van der Waals surface area contributed by atoms with Crippen molar-refractivity contribution in [3.63, 3.8) is 0 Å². The van der Waals surface area contributed by atoms with Crippen LogP contribution in [0.4, 0.5) is 0 Å². The van der Waals surface area contributed by atoms with Crippen LogP contribution in [0.3, 0.4) is 0 Å². The van der Waals surface area contributed by atoms with Crippen LogP contribution in [0.15, 0.2) is 29.4 Å². The summed E-state index contributed by atoms with van der Waals surface area (Å²) in [6.07, 6.45) is 2.78. The number of benzene rings is 1. The standard InChI is InChI=1S/C18H24ClN3O3/c1-2-14-11-16(25-22-14)12-21-17(23)18(7-9-20-10-8-18)24-15-5-3-13(19)4-6-15/h3-6,16,20H,2,7-12H2,1H3,(H,21,23). The van der Waals surface area contributed by atoms with E-state index in [2.05, 4.69) is 15.8 Å². The summed E-state index contributed by atoms with van der Waals surface area (Å²) < 4.78 is 6.14. The highest BCUT2D eigenvalue weighted by molar-refractivity contribution is 6.30. The Kier molecular flexibility index (Phi) is 5.81. The molecular weight excluding hydrogens is 342 g/mol. The number of piperidine rings is 1. The van der Waals surface area contributed by atoms with E-state index in [1.54, 1.807) is 24.3 Å². The van der Waals surface area contributed by atoms with Gasteiger partial charge in [-0.2, -0.15) is 0 Å². The number of rotatable bonds is 6. The number of carbonyl (C=O) groups excluding carboxylic acids is 1. The van der Waals surface area contributed by atoms with Crippen LogP contribution >= 0.6 is 11.6 Å². The smallest absolute Gasteiger partial charge is 0.264 e. The minimum atomic E-state index is -0.869. The van der Waals surface area contributed by atoms with Gasteiger partial charge in [0.05, 0.1) is 12.3 Å². The summed E-state index contributed by atoms with van der Waals surface area (Å²) in [5, 5.41) is 10.9. The van der Waals surface area contributed by atoms with Gasteiger partial charge >= 0.3 is 0 Å². The maximum atomic E-state index is 12.9. The van der Waals surface area contributed by atoms with Gasteiger partial charge in [0.2, 0.25) is 0 Å². The largest absolute Gasteiger partial charge is 0.477 e. The van der Waals surface area contributed by atoms with E-state index in [0.29, 0.717) is 30.2 Å². The quantitative estimate of drug-likeness (QED) is 0.812. The van der Waals surface area contributed by atoms with Crippen molar-refractivity contribution in [2.24, 2.45) is 5.16 Å². The number of nitrogens with one attached hydrogen (secondary N) is 2. The number of hydrogen-bond donors (Lipinski definition) is 2. The van der Waals surface area contributed by atoms with Crippen LogP contribution in [0.5, 0.6) is 5.75 Å². The maximum absolute atomic E-state index is 12.9. The molecule has 0 aliphatic carbocycles. The van der Waals surface area contributed by atoms with Crippen LogP contribution in [0.1, 0.15) is 32.6 Å². The molecule has 6 nitrogen and oxygen atoms in total. The molecule has 1 aromatic rings. The molecule has 1 aromatic carbocycles. The van der Waals surface area contributed by atoms with Crippen molar-refractivity contribution < 1.29 is 14.4 Å². The highest BCUT2D eigenvalue weighted by Gasteiger charge is 2.42. The first-order valence-corrected chi connectivity index (χ1v) is 9.14. The minimum absolute atomic E-state index is 0.0896. The third-order valence-electron chi connectivity index (χ3n) is 4.64. The lowest BCUT2D eigenvalue weighted by atomic mass is 9.90. The molecule has 2 N–H and O–H groups in total. The van der Waals surface area contributed by atoms with Crippen molar-refractivity contribution in [3.8, 4) is 5.75 Å². The fourth-order valence-electron chi connectivity index (χ4n) is 3.11. The Hall–Kier alpha value is -1.79. The monoisotopic (exact) mass is 365 g/mol. The number of hydrogen-bond acceptors (Lipinski definition) is 5. The molecule has 0 radical (unpaired) electrons. The first kappa shape index (κ1) is 18.0. The summed E-state index contributed by atoms with van der Waals surface area (Å²) >= 11 is 5.93. The zero-order valence-corrected chi connectivity index (χ0v) is 15.1.